The number of aromatic nitrogens is 2. The molecule has 1 heterocycles. The second kappa shape index (κ2) is 6.28. The number of amides is 1. The summed E-state index contributed by atoms with van der Waals surface area (Å²) in [5.74, 6) is 1.12. The monoisotopic (exact) mass is 292 g/mol. The number of hydrogen-bond acceptors (Lipinski definition) is 5. The van der Waals surface area contributed by atoms with Crippen molar-refractivity contribution in [1.29, 1.82) is 0 Å². The van der Waals surface area contributed by atoms with Crippen LogP contribution in [0.3, 0.4) is 0 Å². The summed E-state index contributed by atoms with van der Waals surface area (Å²) in [5, 5.41) is 5.81. The number of alkyl carbamates (subject to hydrolysis) is 1. The average molecular weight is 292 g/mol. The molecule has 0 fully saturated rings. The molecule has 0 aliphatic heterocycles. The maximum absolute atomic E-state index is 11.5. The molecule has 6 nitrogen and oxygen atoms in total. The third-order valence-electron chi connectivity index (χ3n) is 3.29. The lowest BCUT2D eigenvalue weighted by atomic mass is 10.1. The quantitative estimate of drug-likeness (QED) is 0.834. The number of hydrogen-bond donors (Lipinski definition) is 2. The Labute approximate surface area is 125 Å². The number of anilines is 1. The number of nitrogens with zero attached hydrogens (tertiary/aromatic N) is 2. The van der Waals surface area contributed by atoms with E-state index in [1.165, 1.54) is 5.56 Å². The first-order chi connectivity index (χ1) is 9.85. The highest BCUT2D eigenvalue weighted by Gasteiger charge is 2.21. The zero-order valence-electron chi connectivity index (χ0n) is 13.2. The first-order valence-corrected chi connectivity index (χ1v) is 7.42. The molecule has 0 saturated heterocycles. The van der Waals surface area contributed by atoms with Gasteiger partial charge in [-0.05, 0) is 45.1 Å². The van der Waals surface area contributed by atoms with Crippen molar-refractivity contribution in [3.8, 4) is 0 Å². The van der Waals surface area contributed by atoms with Gasteiger partial charge >= 0.3 is 6.09 Å². The molecule has 1 unspecified atom stereocenters. The van der Waals surface area contributed by atoms with Crippen LogP contribution in [-0.4, -0.2) is 34.8 Å². The summed E-state index contributed by atoms with van der Waals surface area (Å²) in [6.45, 7) is 8.73. The Morgan fingerprint density at radius 2 is 2.19 bits per heavy atom. The molecule has 1 aromatic rings. The topological polar surface area (TPSA) is 76.1 Å². The van der Waals surface area contributed by atoms with E-state index in [0.29, 0.717) is 25.0 Å². The molecule has 2 N–H and O–H groups in total. The number of fused-ring (bicyclic) bond motifs is 1. The molecule has 0 bridgehead atoms. The Hall–Kier alpha value is -1.85. The molecule has 1 atom stereocenters. The van der Waals surface area contributed by atoms with Crippen molar-refractivity contribution in [2.45, 2.75) is 52.1 Å². The van der Waals surface area contributed by atoms with Gasteiger partial charge in [0.1, 0.15) is 5.60 Å². The van der Waals surface area contributed by atoms with E-state index in [1.54, 1.807) is 0 Å². The molecule has 6 heteroatoms. The standard InChI is InChI=1S/C15H24N4O2/c1-10-5-6-11-9-18-13(19-12(10)11)16-7-8-17-14(20)21-15(2,3)4/h9-10H,5-8H2,1-4H3,(H,17,20)(H,16,18,19). The lowest BCUT2D eigenvalue weighted by Crippen LogP contribution is -2.35. The molecule has 1 amide bonds. The first-order valence-electron chi connectivity index (χ1n) is 7.42. The van der Waals surface area contributed by atoms with Crippen molar-refractivity contribution < 1.29 is 9.53 Å². The molecule has 0 radical (unpaired) electrons. The van der Waals surface area contributed by atoms with Gasteiger partial charge in [-0.25, -0.2) is 14.8 Å². The fourth-order valence-corrected chi connectivity index (χ4v) is 2.29. The number of carbonyl (C=O) groups excluding carboxylic acids is 1. The maximum Gasteiger partial charge on any atom is 0.407 e. The summed E-state index contributed by atoms with van der Waals surface area (Å²) >= 11 is 0. The third-order valence-corrected chi connectivity index (χ3v) is 3.29. The minimum atomic E-state index is -0.475. The summed E-state index contributed by atoms with van der Waals surface area (Å²) in [5.41, 5.74) is 1.92. The smallest absolute Gasteiger partial charge is 0.407 e. The van der Waals surface area contributed by atoms with Gasteiger partial charge in [0, 0.05) is 19.3 Å². The molecular formula is C15H24N4O2. The Bertz CT molecular complexity index is 511. The van der Waals surface area contributed by atoms with E-state index in [0.717, 1.165) is 18.5 Å². The van der Waals surface area contributed by atoms with Crippen molar-refractivity contribution >= 4 is 12.0 Å². The predicted molar refractivity (Wildman–Crippen MR) is 81.5 cm³/mol. The lowest BCUT2D eigenvalue weighted by Gasteiger charge is -2.19. The summed E-state index contributed by atoms with van der Waals surface area (Å²) in [7, 11) is 0. The van der Waals surface area contributed by atoms with Gasteiger partial charge in [0.2, 0.25) is 5.95 Å². The zero-order chi connectivity index (χ0) is 15.5. The Morgan fingerprint density at radius 3 is 2.90 bits per heavy atom. The van der Waals surface area contributed by atoms with E-state index < -0.39 is 11.7 Å². The van der Waals surface area contributed by atoms with Crippen LogP contribution < -0.4 is 10.6 Å². The number of aryl methyl sites for hydroxylation is 1. The second-order valence-corrected chi connectivity index (χ2v) is 6.40. The SMILES string of the molecule is CC1CCc2cnc(NCCNC(=O)OC(C)(C)C)nc21. The van der Waals surface area contributed by atoms with Crippen LogP contribution in [0.25, 0.3) is 0 Å². The minimum absolute atomic E-state index is 0.409. The Balaban J connectivity index is 1.75. The van der Waals surface area contributed by atoms with Crippen LogP contribution in [0.1, 0.15) is 51.3 Å². The van der Waals surface area contributed by atoms with E-state index in [2.05, 4.69) is 27.5 Å². The number of rotatable bonds is 4. The van der Waals surface area contributed by atoms with Crippen LogP contribution in [0.15, 0.2) is 6.20 Å². The second-order valence-electron chi connectivity index (χ2n) is 6.40. The van der Waals surface area contributed by atoms with Gasteiger partial charge in [-0.1, -0.05) is 6.92 Å². The van der Waals surface area contributed by atoms with Crippen LogP contribution in [0, 0.1) is 0 Å². The van der Waals surface area contributed by atoms with E-state index >= 15 is 0 Å². The summed E-state index contributed by atoms with van der Waals surface area (Å²) in [6.07, 6.45) is 3.70. The molecule has 0 saturated carbocycles. The van der Waals surface area contributed by atoms with Gasteiger partial charge in [-0.3, -0.25) is 0 Å². The summed E-state index contributed by atoms with van der Waals surface area (Å²) in [4.78, 5) is 20.3. The normalized spacial score (nSPS) is 17.2. The highest BCUT2D eigenvalue weighted by molar-refractivity contribution is 5.67. The van der Waals surface area contributed by atoms with Crippen LogP contribution in [0.2, 0.25) is 0 Å². The Morgan fingerprint density at radius 1 is 1.43 bits per heavy atom. The van der Waals surface area contributed by atoms with Crippen molar-refractivity contribution in [3.63, 3.8) is 0 Å². The number of carbonyl (C=O) groups is 1. The zero-order valence-corrected chi connectivity index (χ0v) is 13.2. The molecular weight excluding hydrogens is 268 g/mol. The fraction of sp³-hybridized carbons (Fsp3) is 0.667. The molecule has 1 aliphatic rings. The number of nitrogens with one attached hydrogen (secondary N) is 2. The first kappa shape index (κ1) is 15.5. The van der Waals surface area contributed by atoms with Gasteiger partial charge in [-0.2, -0.15) is 0 Å². The van der Waals surface area contributed by atoms with Gasteiger partial charge in [0.25, 0.3) is 0 Å². The van der Waals surface area contributed by atoms with Crippen LogP contribution in [0.5, 0.6) is 0 Å². The minimum Gasteiger partial charge on any atom is -0.444 e. The van der Waals surface area contributed by atoms with Crippen LogP contribution in [-0.2, 0) is 11.2 Å². The number of ether oxygens (including phenoxy) is 1. The van der Waals surface area contributed by atoms with Crippen molar-refractivity contribution in [3.05, 3.63) is 17.5 Å². The molecule has 2 rings (SSSR count). The van der Waals surface area contributed by atoms with Gasteiger partial charge in [-0.15, -0.1) is 0 Å². The van der Waals surface area contributed by atoms with Crippen molar-refractivity contribution in [2.24, 2.45) is 0 Å². The van der Waals surface area contributed by atoms with Crippen LogP contribution >= 0.6 is 0 Å². The van der Waals surface area contributed by atoms with Crippen molar-refractivity contribution in [2.75, 3.05) is 18.4 Å². The van der Waals surface area contributed by atoms with Crippen molar-refractivity contribution in [1.82, 2.24) is 15.3 Å². The molecule has 1 aliphatic carbocycles. The fourth-order valence-electron chi connectivity index (χ4n) is 2.29. The lowest BCUT2D eigenvalue weighted by molar-refractivity contribution is 0.0530. The van der Waals surface area contributed by atoms with Gasteiger partial charge in [0.15, 0.2) is 0 Å². The molecule has 1 aromatic heterocycles. The molecule has 116 valence electrons. The highest BCUT2D eigenvalue weighted by Crippen LogP contribution is 2.30. The van der Waals surface area contributed by atoms with E-state index in [9.17, 15) is 4.79 Å². The average Bonchev–Trinajstić information content (AvgIpc) is 2.74. The highest BCUT2D eigenvalue weighted by atomic mass is 16.6. The van der Waals surface area contributed by atoms with E-state index in [4.69, 9.17) is 4.74 Å². The Kier molecular flexibility index (Phi) is 4.65. The summed E-state index contributed by atoms with van der Waals surface area (Å²) < 4.78 is 5.16. The molecule has 0 spiro atoms. The van der Waals surface area contributed by atoms with Gasteiger partial charge < -0.3 is 15.4 Å². The predicted octanol–water partition coefficient (Wildman–Crippen LogP) is 2.46. The molecule has 21 heavy (non-hydrogen) atoms. The molecule has 0 aromatic carbocycles. The summed E-state index contributed by atoms with van der Waals surface area (Å²) in [6, 6.07) is 0. The van der Waals surface area contributed by atoms with Gasteiger partial charge in [0.05, 0.1) is 5.69 Å². The third kappa shape index (κ3) is 4.58. The van der Waals surface area contributed by atoms with Crippen LogP contribution in [0.4, 0.5) is 10.7 Å². The van der Waals surface area contributed by atoms with E-state index in [1.807, 2.05) is 27.0 Å². The maximum atomic E-state index is 11.5. The largest absolute Gasteiger partial charge is 0.444 e. The van der Waals surface area contributed by atoms with E-state index in [-0.39, 0.29) is 0 Å².